The first-order chi connectivity index (χ1) is 13.4. The van der Waals surface area contributed by atoms with E-state index in [0.717, 1.165) is 29.9 Å². The Bertz CT molecular complexity index is 1180. The third-order valence-electron chi connectivity index (χ3n) is 4.51. The Morgan fingerprint density at radius 1 is 1.25 bits per heavy atom. The molecule has 0 atom stereocenters. The maximum absolute atomic E-state index is 12.5. The van der Waals surface area contributed by atoms with Crippen LogP contribution in [0, 0.1) is 25.2 Å². The van der Waals surface area contributed by atoms with Crippen LogP contribution in [0.25, 0.3) is 17.0 Å². The van der Waals surface area contributed by atoms with Crippen LogP contribution >= 0.6 is 0 Å². The molecule has 0 bridgehead atoms. The van der Waals surface area contributed by atoms with Crippen molar-refractivity contribution in [1.29, 1.82) is 5.26 Å². The monoisotopic (exact) mass is 376 g/mol. The van der Waals surface area contributed by atoms with Gasteiger partial charge in [0.25, 0.3) is 0 Å². The van der Waals surface area contributed by atoms with E-state index in [4.69, 9.17) is 9.15 Å². The molecule has 0 aliphatic rings. The van der Waals surface area contributed by atoms with E-state index < -0.39 is 11.6 Å². The number of ether oxygens (including phenoxy) is 1. The summed E-state index contributed by atoms with van der Waals surface area (Å²) in [5.41, 5.74) is 2.59. The number of benzene rings is 1. The number of aromatic nitrogens is 1. The molecule has 0 aliphatic carbocycles. The van der Waals surface area contributed by atoms with Gasteiger partial charge in [-0.1, -0.05) is 6.92 Å². The molecule has 0 saturated carbocycles. The highest BCUT2D eigenvalue weighted by Crippen LogP contribution is 2.22. The molecule has 3 rings (SSSR count). The minimum absolute atomic E-state index is 0.105. The van der Waals surface area contributed by atoms with Crippen LogP contribution in [0.15, 0.2) is 51.2 Å². The molecular formula is C22H20N2O4. The van der Waals surface area contributed by atoms with E-state index >= 15 is 0 Å². The first-order valence-electron chi connectivity index (χ1n) is 8.97. The van der Waals surface area contributed by atoms with Crippen molar-refractivity contribution < 1.29 is 13.9 Å². The third kappa shape index (κ3) is 3.89. The van der Waals surface area contributed by atoms with Crippen molar-refractivity contribution in [2.45, 2.75) is 33.7 Å². The summed E-state index contributed by atoms with van der Waals surface area (Å²) in [7, 11) is 0. The third-order valence-corrected chi connectivity index (χ3v) is 4.51. The van der Waals surface area contributed by atoms with E-state index in [0.29, 0.717) is 11.0 Å². The predicted molar refractivity (Wildman–Crippen MR) is 106 cm³/mol. The van der Waals surface area contributed by atoms with Gasteiger partial charge in [-0.3, -0.25) is 0 Å². The van der Waals surface area contributed by atoms with Crippen LogP contribution in [0.5, 0.6) is 5.75 Å². The number of esters is 1. The zero-order valence-corrected chi connectivity index (χ0v) is 16.0. The van der Waals surface area contributed by atoms with E-state index in [1.807, 2.05) is 26.0 Å². The number of nitrogens with zero attached hydrogens (tertiary/aromatic N) is 2. The fourth-order valence-corrected chi connectivity index (χ4v) is 3.10. The number of hydrogen-bond donors (Lipinski definition) is 0. The summed E-state index contributed by atoms with van der Waals surface area (Å²) in [6, 6.07) is 11.5. The van der Waals surface area contributed by atoms with Crippen molar-refractivity contribution in [2.24, 2.45) is 0 Å². The topological polar surface area (TPSA) is 85.2 Å². The van der Waals surface area contributed by atoms with Crippen LogP contribution in [0.1, 0.15) is 30.3 Å². The second-order valence-corrected chi connectivity index (χ2v) is 6.49. The summed E-state index contributed by atoms with van der Waals surface area (Å²) in [6.07, 6.45) is 2.53. The van der Waals surface area contributed by atoms with Crippen LogP contribution in [0.4, 0.5) is 0 Å². The maximum Gasteiger partial charge on any atom is 0.354 e. The van der Waals surface area contributed by atoms with Gasteiger partial charge in [0.05, 0.1) is 0 Å². The summed E-state index contributed by atoms with van der Waals surface area (Å²) in [4.78, 5) is 23.8. The highest BCUT2D eigenvalue weighted by atomic mass is 16.5. The van der Waals surface area contributed by atoms with Crippen LogP contribution in [0.2, 0.25) is 0 Å². The molecule has 0 unspecified atom stereocenters. The Morgan fingerprint density at radius 3 is 2.71 bits per heavy atom. The van der Waals surface area contributed by atoms with Crippen LogP contribution in [0.3, 0.4) is 0 Å². The molecule has 1 aromatic carbocycles. The molecule has 2 aromatic heterocycles. The first kappa shape index (κ1) is 19.2. The first-order valence-corrected chi connectivity index (χ1v) is 8.97. The Balaban J connectivity index is 1.88. The van der Waals surface area contributed by atoms with Gasteiger partial charge < -0.3 is 13.7 Å². The van der Waals surface area contributed by atoms with Crippen molar-refractivity contribution in [3.63, 3.8) is 0 Å². The molecule has 0 amide bonds. The Labute approximate surface area is 162 Å². The lowest BCUT2D eigenvalue weighted by atomic mass is 10.1. The lowest BCUT2D eigenvalue weighted by Crippen LogP contribution is -2.10. The van der Waals surface area contributed by atoms with Gasteiger partial charge in [-0.05, 0) is 56.2 Å². The summed E-state index contributed by atoms with van der Waals surface area (Å²) < 4.78 is 12.6. The van der Waals surface area contributed by atoms with Gasteiger partial charge in [0.15, 0.2) is 0 Å². The highest BCUT2D eigenvalue weighted by molar-refractivity contribution is 5.99. The standard InChI is InChI=1S/C22H20N2O4/c1-4-9-24-14(2)10-17(15(24)3)11-18(13-23)22(26)27-19-7-5-16-6-8-21(25)28-20(16)12-19/h5-8,10-12H,4,9H2,1-3H3. The number of nitriles is 1. The summed E-state index contributed by atoms with van der Waals surface area (Å²) in [5.74, 6) is -0.565. The van der Waals surface area contributed by atoms with Gasteiger partial charge in [0.2, 0.25) is 0 Å². The molecular weight excluding hydrogens is 356 g/mol. The average molecular weight is 376 g/mol. The van der Waals surface area contributed by atoms with E-state index in [1.165, 1.54) is 18.2 Å². The molecule has 0 spiro atoms. The van der Waals surface area contributed by atoms with Crippen molar-refractivity contribution in [1.82, 2.24) is 4.57 Å². The highest BCUT2D eigenvalue weighted by Gasteiger charge is 2.15. The van der Waals surface area contributed by atoms with Gasteiger partial charge >= 0.3 is 11.6 Å². The van der Waals surface area contributed by atoms with Gasteiger partial charge in [-0.2, -0.15) is 5.26 Å². The van der Waals surface area contributed by atoms with Gasteiger partial charge in [-0.15, -0.1) is 0 Å². The van der Waals surface area contributed by atoms with Gasteiger partial charge in [-0.25, -0.2) is 9.59 Å². The van der Waals surface area contributed by atoms with Crippen molar-refractivity contribution >= 4 is 23.0 Å². The zero-order chi connectivity index (χ0) is 20.3. The molecule has 0 aliphatic heterocycles. The molecule has 6 heteroatoms. The largest absolute Gasteiger partial charge is 0.423 e. The number of carbonyl (C=O) groups excluding carboxylic acids is 1. The normalized spacial score (nSPS) is 11.4. The van der Waals surface area contributed by atoms with Crippen LogP contribution < -0.4 is 10.4 Å². The number of fused-ring (bicyclic) bond motifs is 1. The molecule has 2 heterocycles. The summed E-state index contributed by atoms with van der Waals surface area (Å²) in [5, 5.41) is 10.1. The van der Waals surface area contributed by atoms with Gasteiger partial charge in [0, 0.05) is 35.5 Å². The second-order valence-electron chi connectivity index (χ2n) is 6.49. The molecule has 0 saturated heterocycles. The molecule has 0 N–H and O–H groups in total. The molecule has 28 heavy (non-hydrogen) atoms. The molecule has 0 radical (unpaired) electrons. The van der Waals surface area contributed by atoms with Crippen molar-refractivity contribution in [3.05, 3.63) is 69.3 Å². The number of aryl methyl sites for hydroxylation is 1. The number of rotatable bonds is 5. The van der Waals surface area contributed by atoms with Crippen molar-refractivity contribution in [2.75, 3.05) is 0 Å². The van der Waals surface area contributed by atoms with Gasteiger partial charge in [0.1, 0.15) is 23.0 Å². The fraction of sp³-hybridized carbons (Fsp3) is 0.227. The Kier molecular flexibility index (Phi) is 5.46. The summed E-state index contributed by atoms with van der Waals surface area (Å²) in [6.45, 7) is 6.92. The predicted octanol–water partition coefficient (Wildman–Crippen LogP) is 4.13. The smallest absolute Gasteiger partial charge is 0.354 e. The lowest BCUT2D eigenvalue weighted by Gasteiger charge is -2.07. The van der Waals surface area contributed by atoms with Crippen LogP contribution in [-0.4, -0.2) is 10.5 Å². The number of carbonyl (C=O) groups is 1. The minimum atomic E-state index is -0.763. The molecule has 6 nitrogen and oxygen atoms in total. The average Bonchev–Trinajstić information content (AvgIpc) is 2.93. The molecule has 3 aromatic rings. The molecule has 142 valence electrons. The fourth-order valence-electron chi connectivity index (χ4n) is 3.10. The minimum Gasteiger partial charge on any atom is -0.423 e. The maximum atomic E-state index is 12.5. The van der Waals surface area contributed by atoms with E-state index in [1.54, 1.807) is 18.2 Å². The van der Waals surface area contributed by atoms with E-state index in [9.17, 15) is 14.9 Å². The summed E-state index contributed by atoms with van der Waals surface area (Å²) >= 11 is 0. The van der Waals surface area contributed by atoms with E-state index in [2.05, 4.69) is 11.5 Å². The zero-order valence-electron chi connectivity index (χ0n) is 16.0. The van der Waals surface area contributed by atoms with Crippen LogP contribution in [-0.2, 0) is 11.3 Å². The Morgan fingerprint density at radius 2 is 2.00 bits per heavy atom. The lowest BCUT2D eigenvalue weighted by molar-refractivity contribution is -0.129. The molecule has 0 fully saturated rings. The number of hydrogen-bond acceptors (Lipinski definition) is 5. The second kappa shape index (κ2) is 7.97. The Hall–Kier alpha value is -3.59. The SMILES string of the molecule is CCCn1c(C)cc(C=C(C#N)C(=O)Oc2ccc3ccc(=O)oc3c2)c1C. The van der Waals surface area contributed by atoms with E-state index in [-0.39, 0.29) is 11.3 Å². The quantitative estimate of drug-likeness (QED) is 0.220. The van der Waals surface area contributed by atoms with Crippen molar-refractivity contribution in [3.8, 4) is 11.8 Å².